The molecule has 2 heteroatoms. The lowest BCUT2D eigenvalue weighted by atomic mass is 9.96. The minimum Gasteiger partial charge on any atom is -0.508 e. The van der Waals surface area contributed by atoms with Crippen molar-refractivity contribution in [1.29, 1.82) is 0 Å². The lowest BCUT2D eigenvalue weighted by Crippen LogP contribution is -2.33. The Hall–Kier alpha value is -1.80. The second-order valence-electron chi connectivity index (χ2n) is 5.83. The van der Waals surface area contributed by atoms with E-state index in [1.54, 1.807) is 12.1 Å². The summed E-state index contributed by atoms with van der Waals surface area (Å²) in [6, 6.07) is 14.7. The van der Waals surface area contributed by atoms with E-state index in [4.69, 9.17) is 0 Å². The first-order chi connectivity index (χ1) is 10.1. The van der Waals surface area contributed by atoms with Crippen LogP contribution in [0.3, 0.4) is 0 Å². The third-order valence-electron chi connectivity index (χ3n) is 3.67. The molecule has 1 unspecified atom stereocenters. The molecule has 0 heterocycles. The van der Waals surface area contributed by atoms with E-state index in [1.807, 2.05) is 12.1 Å². The van der Waals surface area contributed by atoms with Gasteiger partial charge in [0.2, 0.25) is 0 Å². The van der Waals surface area contributed by atoms with E-state index >= 15 is 0 Å². The topological polar surface area (TPSA) is 32.3 Å². The summed E-state index contributed by atoms with van der Waals surface area (Å²) in [4.78, 5) is 0. The van der Waals surface area contributed by atoms with Crippen LogP contribution >= 0.6 is 0 Å². The van der Waals surface area contributed by atoms with Gasteiger partial charge in [-0.05, 0) is 56.5 Å². The number of likely N-dealkylation sites (N-methyl/N-ethyl adjacent to an activating group) is 1. The van der Waals surface area contributed by atoms with Gasteiger partial charge in [0.25, 0.3) is 0 Å². The van der Waals surface area contributed by atoms with Crippen LogP contribution in [-0.2, 0) is 12.8 Å². The van der Waals surface area contributed by atoms with Crippen molar-refractivity contribution in [1.82, 2.24) is 5.32 Å². The van der Waals surface area contributed by atoms with E-state index < -0.39 is 0 Å². The smallest absolute Gasteiger partial charge is 0.115 e. The van der Waals surface area contributed by atoms with Crippen molar-refractivity contribution in [3.8, 4) is 5.75 Å². The summed E-state index contributed by atoms with van der Waals surface area (Å²) in [6.45, 7) is 7.41. The van der Waals surface area contributed by atoms with Gasteiger partial charge in [0.05, 0.1) is 0 Å². The summed E-state index contributed by atoms with van der Waals surface area (Å²) in [6.07, 6.45) is 2.00. The summed E-state index contributed by atoms with van der Waals surface area (Å²) in [5, 5.41) is 12.9. The standard InChI is InChI=1S/C19H25NO/c1-4-20-18(12-16-5-7-19(21)8-6-16)13-17-10-14(2)9-15(3)11-17/h5-11,18,20-21H,4,12-13H2,1-3H3. The minimum absolute atomic E-state index is 0.327. The first-order valence-corrected chi connectivity index (χ1v) is 7.65. The van der Waals surface area contributed by atoms with Gasteiger partial charge in [0.1, 0.15) is 5.75 Å². The maximum Gasteiger partial charge on any atom is 0.115 e. The lowest BCUT2D eigenvalue weighted by molar-refractivity contribution is 0.474. The molecule has 0 aromatic heterocycles. The zero-order valence-corrected chi connectivity index (χ0v) is 13.2. The van der Waals surface area contributed by atoms with Crippen LogP contribution in [0.4, 0.5) is 0 Å². The van der Waals surface area contributed by atoms with Crippen molar-refractivity contribution in [3.05, 3.63) is 64.7 Å². The second-order valence-corrected chi connectivity index (χ2v) is 5.83. The van der Waals surface area contributed by atoms with Crippen molar-refractivity contribution >= 4 is 0 Å². The highest BCUT2D eigenvalue weighted by atomic mass is 16.3. The van der Waals surface area contributed by atoms with Crippen LogP contribution in [-0.4, -0.2) is 17.7 Å². The number of aryl methyl sites for hydroxylation is 2. The molecule has 0 aliphatic carbocycles. The highest BCUT2D eigenvalue weighted by Crippen LogP contribution is 2.15. The summed E-state index contributed by atoms with van der Waals surface area (Å²) >= 11 is 0. The summed E-state index contributed by atoms with van der Waals surface area (Å²) in [5.74, 6) is 0.327. The summed E-state index contributed by atoms with van der Waals surface area (Å²) < 4.78 is 0. The quantitative estimate of drug-likeness (QED) is 0.846. The van der Waals surface area contributed by atoms with E-state index in [2.05, 4.69) is 44.3 Å². The fourth-order valence-corrected chi connectivity index (χ4v) is 2.89. The molecule has 0 bridgehead atoms. The molecule has 0 saturated carbocycles. The number of rotatable bonds is 6. The monoisotopic (exact) mass is 283 g/mol. The Morgan fingerprint density at radius 1 is 0.905 bits per heavy atom. The van der Waals surface area contributed by atoms with Gasteiger partial charge in [0, 0.05) is 6.04 Å². The van der Waals surface area contributed by atoms with Crippen LogP contribution in [0.5, 0.6) is 5.75 Å². The molecule has 0 amide bonds. The van der Waals surface area contributed by atoms with Crippen LogP contribution in [0.2, 0.25) is 0 Å². The molecule has 0 aliphatic rings. The van der Waals surface area contributed by atoms with Crippen molar-refractivity contribution in [2.75, 3.05) is 6.54 Å². The molecule has 112 valence electrons. The van der Waals surface area contributed by atoms with Crippen molar-refractivity contribution in [2.45, 2.75) is 39.7 Å². The van der Waals surface area contributed by atoms with Crippen LogP contribution in [0.1, 0.15) is 29.2 Å². The molecule has 2 aromatic carbocycles. The van der Waals surface area contributed by atoms with Crippen molar-refractivity contribution in [3.63, 3.8) is 0 Å². The van der Waals surface area contributed by atoms with Gasteiger partial charge in [-0.15, -0.1) is 0 Å². The molecule has 0 spiro atoms. The zero-order chi connectivity index (χ0) is 15.2. The maximum atomic E-state index is 9.37. The Bertz CT molecular complexity index is 554. The Balaban J connectivity index is 2.09. The van der Waals surface area contributed by atoms with E-state index in [0.717, 1.165) is 19.4 Å². The van der Waals surface area contributed by atoms with Crippen LogP contribution in [0, 0.1) is 13.8 Å². The Labute approximate surface area is 127 Å². The van der Waals surface area contributed by atoms with Gasteiger partial charge in [-0.1, -0.05) is 48.4 Å². The van der Waals surface area contributed by atoms with E-state index in [-0.39, 0.29) is 0 Å². The molecule has 2 rings (SSSR count). The fourth-order valence-electron chi connectivity index (χ4n) is 2.89. The SMILES string of the molecule is CCNC(Cc1ccc(O)cc1)Cc1cc(C)cc(C)c1. The number of benzene rings is 2. The highest BCUT2D eigenvalue weighted by Gasteiger charge is 2.10. The highest BCUT2D eigenvalue weighted by molar-refractivity contribution is 5.30. The first kappa shape index (κ1) is 15.6. The molecule has 0 radical (unpaired) electrons. The largest absolute Gasteiger partial charge is 0.508 e. The number of hydrogen-bond donors (Lipinski definition) is 2. The summed E-state index contributed by atoms with van der Waals surface area (Å²) in [5.41, 5.74) is 5.29. The third-order valence-corrected chi connectivity index (χ3v) is 3.67. The number of aromatic hydroxyl groups is 1. The molecule has 0 fully saturated rings. The predicted octanol–water partition coefficient (Wildman–Crippen LogP) is 3.77. The van der Waals surface area contributed by atoms with E-state index in [0.29, 0.717) is 11.8 Å². The molecule has 0 aliphatic heterocycles. The lowest BCUT2D eigenvalue weighted by Gasteiger charge is -2.19. The van der Waals surface area contributed by atoms with Gasteiger partial charge >= 0.3 is 0 Å². The van der Waals surface area contributed by atoms with Gasteiger partial charge < -0.3 is 10.4 Å². The molecule has 2 aromatic rings. The first-order valence-electron chi connectivity index (χ1n) is 7.65. The normalized spacial score (nSPS) is 12.3. The van der Waals surface area contributed by atoms with E-state index in [1.165, 1.54) is 22.3 Å². The molecular weight excluding hydrogens is 258 g/mol. The second kappa shape index (κ2) is 7.28. The molecule has 2 N–H and O–H groups in total. The molecule has 1 atom stereocenters. The minimum atomic E-state index is 0.327. The molecule has 21 heavy (non-hydrogen) atoms. The van der Waals surface area contributed by atoms with Crippen molar-refractivity contribution in [2.24, 2.45) is 0 Å². The van der Waals surface area contributed by atoms with E-state index in [9.17, 15) is 5.11 Å². The zero-order valence-electron chi connectivity index (χ0n) is 13.2. The number of hydrogen-bond acceptors (Lipinski definition) is 2. The summed E-state index contributed by atoms with van der Waals surface area (Å²) in [7, 11) is 0. The van der Waals surface area contributed by atoms with Gasteiger partial charge in [0.15, 0.2) is 0 Å². The number of phenols is 1. The molecule has 0 saturated heterocycles. The average molecular weight is 283 g/mol. The Kier molecular flexibility index (Phi) is 5.40. The van der Waals surface area contributed by atoms with Crippen LogP contribution in [0.25, 0.3) is 0 Å². The number of phenolic OH excluding ortho intramolecular Hbond substituents is 1. The Morgan fingerprint density at radius 2 is 1.48 bits per heavy atom. The maximum absolute atomic E-state index is 9.37. The fraction of sp³-hybridized carbons (Fsp3) is 0.368. The predicted molar refractivity (Wildman–Crippen MR) is 88.9 cm³/mol. The van der Waals surface area contributed by atoms with Crippen LogP contribution in [0.15, 0.2) is 42.5 Å². The number of nitrogens with one attached hydrogen (secondary N) is 1. The molecular formula is C19H25NO. The Morgan fingerprint density at radius 3 is 2.05 bits per heavy atom. The van der Waals surface area contributed by atoms with Gasteiger partial charge in [-0.25, -0.2) is 0 Å². The average Bonchev–Trinajstić information content (AvgIpc) is 2.40. The molecule has 2 nitrogen and oxygen atoms in total. The van der Waals surface area contributed by atoms with Crippen molar-refractivity contribution < 1.29 is 5.11 Å². The van der Waals surface area contributed by atoms with Gasteiger partial charge in [-0.3, -0.25) is 0 Å². The third kappa shape index (κ3) is 4.91. The van der Waals surface area contributed by atoms with Crippen LogP contribution < -0.4 is 5.32 Å². The van der Waals surface area contributed by atoms with Gasteiger partial charge in [-0.2, -0.15) is 0 Å².